The SMILES string of the molecule is C[C@H](OC(=O)CCc1nc(-c2ccsc2)no1)C(=O)Nc1ccc(F)cc1. The van der Waals surface area contributed by atoms with Gasteiger partial charge in [0.1, 0.15) is 5.82 Å². The number of ether oxygens (including phenoxy) is 1. The number of hydrogen-bond acceptors (Lipinski definition) is 7. The van der Waals surface area contributed by atoms with Crippen LogP contribution in [0.15, 0.2) is 45.6 Å². The summed E-state index contributed by atoms with van der Waals surface area (Å²) >= 11 is 1.52. The first-order chi connectivity index (χ1) is 13.0. The van der Waals surface area contributed by atoms with Gasteiger partial charge in [-0.1, -0.05) is 5.16 Å². The largest absolute Gasteiger partial charge is 0.453 e. The van der Waals surface area contributed by atoms with Gasteiger partial charge in [-0.2, -0.15) is 16.3 Å². The van der Waals surface area contributed by atoms with E-state index in [1.54, 1.807) is 0 Å². The van der Waals surface area contributed by atoms with Gasteiger partial charge in [0, 0.05) is 23.1 Å². The van der Waals surface area contributed by atoms with Crippen molar-refractivity contribution in [2.75, 3.05) is 5.32 Å². The summed E-state index contributed by atoms with van der Waals surface area (Å²) in [5.41, 5.74) is 1.26. The maximum Gasteiger partial charge on any atom is 0.307 e. The first kappa shape index (κ1) is 18.7. The molecule has 140 valence electrons. The molecule has 9 heteroatoms. The Labute approximate surface area is 158 Å². The van der Waals surface area contributed by atoms with Crippen molar-refractivity contribution >= 4 is 28.9 Å². The number of aromatic nitrogens is 2. The number of aryl methyl sites for hydroxylation is 1. The fraction of sp³-hybridized carbons (Fsp3) is 0.222. The van der Waals surface area contributed by atoms with E-state index in [1.807, 2.05) is 16.8 Å². The molecule has 0 aliphatic rings. The van der Waals surface area contributed by atoms with Gasteiger partial charge in [-0.25, -0.2) is 4.39 Å². The Kier molecular flexibility index (Phi) is 5.92. The second-order valence-corrected chi connectivity index (χ2v) is 6.43. The lowest BCUT2D eigenvalue weighted by Crippen LogP contribution is -2.30. The fourth-order valence-corrected chi connectivity index (χ4v) is 2.80. The number of nitrogens with one attached hydrogen (secondary N) is 1. The first-order valence-electron chi connectivity index (χ1n) is 8.12. The van der Waals surface area contributed by atoms with Crippen LogP contribution in [-0.4, -0.2) is 28.1 Å². The Morgan fingerprint density at radius 3 is 2.78 bits per heavy atom. The number of nitrogens with zero attached hydrogens (tertiary/aromatic N) is 2. The molecule has 0 fully saturated rings. The Morgan fingerprint density at radius 1 is 1.30 bits per heavy atom. The average Bonchev–Trinajstić information content (AvgIpc) is 3.33. The third-order valence-electron chi connectivity index (χ3n) is 3.58. The van der Waals surface area contributed by atoms with Crippen molar-refractivity contribution in [3.05, 3.63) is 52.8 Å². The molecular formula is C18H16FN3O4S. The first-order valence-corrected chi connectivity index (χ1v) is 9.06. The number of hydrogen-bond donors (Lipinski definition) is 1. The minimum Gasteiger partial charge on any atom is -0.453 e. The molecule has 0 aliphatic carbocycles. The van der Waals surface area contributed by atoms with Crippen LogP contribution in [0.3, 0.4) is 0 Å². The molecule has 0 aliphatic heterocycles. The lowest BCUT2D eigenvalue weighted by molar-refractivity contribution is -0.153. The Bertz CT molecular complexity index is 909. The van der Waals surface area contributed by atoms with Crippen molar-refractivity contribution in [2.45, 2.75) is 25.9 Å². The summed E-state index contributed by atoms with van der Waals surface area (Å²) in [6.07, 6.45) is -0.784. The number of carbonyl (C=O) groups excluding carboxylic acids is 2. The molecule has 2 aromatic heterocycles. The van der Waals surface area contributed by atoms with Crippen LogP contribution >= 0.6 is 11.3 Å². The predicted octanol–water partition coefficient (Wildman–Crippen LogP) is 3.44. The highest BCUT2D eigenvalue weighted by atomic mass is 32.1. The van der Waals surface area contributed by atoms with Crippen molar-refractivity contribution < 1.29 is 23.2 Å². The van der Waals surface area contributed by atoms with Crippen LogP contribution in [0.5, 0.6) is 0 Å². The van der Waals surface area contributed by atoms with Gasteiger partial charge in [0.05, 0.1) is 6.42 Å². The molecule has 1 aromatic carbocycles. The number of benzene rings is 1. The number of amides is 1. The van der Waals surface area contributed by atoms with E-state index in [-0.39, 0.29) is 12.8 Å². The smallest absolute Gasteiger partial charge is 0.307 e. The van der Waals surface area contributed by atoms with E-state index < -0.39 is 23.8 Å². The number of halogens is 1. The minimum atomic E-state index is -0.994. The summed E-state index contributed by atoms with van der Waals surface area (Å²) < 4.78 is 23.1. The number of thiophene rings is 1. The van der Waals surface area contributed by atoms with Crippen LogP contribution in [0.2, 0.25) is 0 Å². The summed E-state index contributed by atoms with van der Waals surface area (Å²) in [7, 11) is 0. The molecule has 0 bridgehead atoms. The van der Waals surface area contributed by atoms with Crippen molar-refractivity contribution in [3.8, 4) is 11.4 Å². The van der Waals surface area contributed by atoms with Gasteiger partial charge in [0.15, 0.2) is 6.10 Å². The second kappa shape index (κ2) is 8.54. The lowest BCUT2D eigenvalue weighted by Gasteiger charge is -2.13. The molecule has 2 heterocycles. The molecule has 0 spiro atoms. The van der Waals surface area contributed by atoms with E-state index in [9.17, 15) is 14.0 Å². The van der Waals surface area contributed by atoms with Gasteiger partial charge < -0.3 is 14.6 Å². The highest BCUT2D eigenvalue weighted by Crippen LogP contribution is 2.19. The van der Waals surface area contributed by atoms with Gasteiger partial charge in [-0.15, -0.1) is 0 Å². The van der Waals surface area contributed by atoms with Crippen molar-refractivity contribution in [2.24, 2.45) is 0 Å². The highest BCUT2D eigenvalue weighted by molar-refractivity contribution is 7.08. The number of carbonyl (C=O) groups is 2. The van der Waals surface area contributed by atoms with Gasteiger partial charge >= 0.3 is 5.97 Å². The van der Waals surface area contributed by atoms with E-state index in [0.717, 1.165) is 5.56 Å². The zero-order valence-electron chi connectivity index (χ0n) is 14.3. The van der Waals surface area contributed by atoms with Crippen molar-refractivity contribution in [3.63, 3.8) is 0 Å². The molecular weight excluding hydrogens is 373 g/mol. The van der Waals surface area contributed by atoms with Gasteiger partial charge in [0.2, 0.25) is 11.7 Å². The van der Waals surface area contributed by atoms with Crippen LogP contribution in [0, 0.1) is 5.82 Å². The summed E-state index contributed by atoms with van der Waals surface area (Å²) in [5, 5.41) is 10.2. The molecule has 3 aromatic rings. The molecule has 27 heavy (non-hydrogen) atoms. The van der Waals surface area contributed by atoms with Crippen LogP contribution in [-0.2, 0) is 20.7 Å². The summed E-state index contributed by atoms with van der Waals surface area (Å²) in [4.78, 5) is 28.2. The molecule has 0 unspecified atom stereocenters. The fourth-order valence-electron chi connectivity index (χ4n) is 2.16. The van der Waals surface area contributed by atoms with Crippen molar-refractivity contribution in [1.29, 1.82) is 0 Å². The zero-order valence-corrected chi connectivity index (χ0v) is 15.2. The Hall–Kier alpha value is -3.07. The third-order valence-corrected chi connectivity index (χ3v) is 4.26. The zero-order chi connectivity index (χ0) is 19.2. The van der Waals surface area contributed by atoms with E-state index in [1.165, 1.54) is 42.5 Å². The molecule has 1 N–H and O–H groups in total. The summed E-state index contributed by atoms with van der Waals surface area (Å²) in [5.74, 6) is -0.696. The Morgan fingerprint density at radius 2 is 2.07 bits per heavy atom. The minimum absolute atomic E-state index is 0.000557. The molecule has 1 amide bonds. The third kappa shape index (κ3) is 5.20. The molecule has 1 atom stereocenters. The maximum atomic E-state index is 12.9. The summed E-state index contributed by atoms with van der Waals surface area (Å²) in [6.45, 7) is 1.46. The van der Waals surface area contributed by atoms with E-state index >= 15 is 0 Å². The average molecular weight is 389 g/mol. The second-order valence-electron chi connectivity index (χ2n) is 5.65. The normalized spacial score (nSPS) is 11.8. The van der Waals surface area contributed by atoms with E-state index in [4.69, 9.17) is 9.26 Å². The lowest BCUT2D eigenvalue weighted by atomic mass is 10.3. The number of anilines is 1. The van der Waals surface area contributed by atoms with Gasteiger partial charge in [-0.05, 0) is 42.6 Å². The van der Waals surface area contributed by atoms with Gasteiger partial charge in [0.25, 0.3) is 5.91 Å². The molecule has 3 rings (SSSR count). The standard InChI is InChI=1S/C18H16FN3O4S/c1-11(18(24)20-14-4-2-13(19)3-5-14)25-16(23)7-6-15-21-17(22-26-15)12-8-9-27-10-12/h2-5,8-11H,6-7H2,1H3,(H,20,24)/t11-/m0/s1. The number of esters is 1. The monoisotopic (exact) mass is 389 g/mol. The van der Waals surface area contributed by atoms with E-state index in [2.05, 4.69) is 15.5 Å². The van der Waals surface area contributed by atoms with Crippen LogP contribution < -0.4 is 5.32 Å². The van der Waals surface area contributed by atoms with Crippen LogP contribution in [0.4, 0.5) is 10.1 Å². The van der Waals surface area contributed by atoms with Crippen LogP contribution in [0.1, 0.15) is 19.2 Å². The molecule has 0 radical (unpaired) electrons. The maximum absolute atomic E-state index is 12.9. The molecule has 0 saturated heterocycles. The van der Waals surface area contributed by atoms with E-state index in [0.29, 0.717) is 17.4 Å². The predicted molar refractivity (Wildman–Crippen MR) is 96.5 cm³/mol. The molecule has 7 nitrogen and oxygen atoms in total. The topological polar surface area (TPSA) is 94.3 Å². The highest BCUT2D eigenvalue weighted by Gasteiger charge is 2.19. The quantitative estimate of drug-likeness (QED) is 0.622. The van der Waals surface area contributed by atoms with Crippen molar-refractivity contribution in [1.82, 2.24) is 10.1 Å². The van der Waals surface area contributed by atoms with Gasteiger partial charge in [-0.3, -0.25) is 9.59 Å². The number of rotatable bonds is 7. The summed E-state index contributed by atoms with van der Waals surface area (Å²) in [6, 6.07) is 7.15. The Balaban J connectivity index is 1.45. The molecule has 0 saturated carbocycles. The van der Waals surface area contributed by atoms with Crippen LogP contribution in [0.25, 0.3) is 11.4 Å².